The Bertz CT molecular complexity index is 1240. The number of aryl methyl sites for hydroxylation is 2. The van der Waals surface area contributed by atoms with Gasteiger partial charge in [-0.05, 0) is 54.8 Å². The van der Waals surface area contributed by atoms with Crippen molar-refractivity contribution >= 4 is 22.2 Å². The van der Waals surface area contributed by atoms with Crippen LogP contribution in [0.5, 0.6) is 0 Å². The molecule has 0 saturated carbocycles. The third-order valence-corrected chi connectivity index (χ3v) is 5.84. The summed E-state index contributed by atoms with van der Waals surface area (Å²) < 4.78 is 4.51. The van der Waals surface area contributed by atoms with E-state index in [2.05, 4.69) is 105 Å². The van der Waals surface area contributed by atoms with Crippen molar-refractivity contribution in [2.24, 2.45) is 13.0 Å². The Labute approximate surface area is 205 Å². The van der Waals surface area contributed by atoms with Crippen LogP contribution in [0, 0.1) is 25.1 Å². The maximum absolute atomic E-state index is 3.65. The molecule has 0 amide bonds. The summed E-state index contributed by atoms with van der Waals surface area (Å²) in [4.78, 5) is 0. The van der Waals surface area contributed by atoms with Gasteiger partial charge in [0.15, 0.2) is 0 Å². The van der Waals surface area contributed by atoms with Gasteiger partial charge in [-0.2, -0.15) is 0 Å². The Morgan fingerprint density at radius 2 is 1.83 bits per heavy atom. The van der Waals surface area contributed by atoms with Gasteiger partial charge in [-0.1, -0.05) is 38.1 Å². The van der Waals surface area contributed by atoms with E-state index < -0.39 is 0 Å². The summed E-state index contributed by atoms with van der Waals surface area (Å²) in [5.41, 5.74) is 9.73. The zero-order chi connectivity index (χ0) is 20.7. The Kier molecular flexibility index (Phi) is 7.00. The van der Waals surface area contributed by atoms with E-state index >= 15 is 0 Å². The number of hydrogen-bond donors (Lipinski definition) is 0. The number of pyridine rings is 1. The van der Waals surface area contributed by atoms with Crippen LogP contribution < -0.4 is 10.1 Å². The van der Waals surface area contributed by atoms with Crippen LogP contribution in [-0.2, 0) is 46.2 Å². The zero-order valence-corrected chi connectivity index (χ0v) is 21.7. The Morgan fingerprint density at radius 3 is 2.53 bits per heavy atom. The molecule has 0 fully saturated rings. The molecule has 2 aromatic carbocycles. The first kappa shape index (κ1) is 22.9. The summed E-state index contributed by atoms with van der Waals surface area (Å²) >= 11 is 0. The van der Waals surface area contributed by atoms with E-state index in [9.17, 15) is 0 Å². The normalized spacial score (nSPS) is 15.3. The second kappa shape index (κ2) is 9.16. The smallest absolute Gasteiger partial charge is 0.221 e. The second-order valence-electron chi connectivity index (χ2n) is 8.37. The van der Waals surface area contributed by atoms with Gasteiger partial charge >= 0.3 is 0 Å². The predicted molar refractivity (Wildman–Crippen MR) is 122 cm³/mol. The molecule has 3 aromatic rings. The third-order valence-electron chi connectivity index (χ3n) is 5.84. The number of allylic oxidation sites excluding steroid dienone is 3. The minimum Gasteiger partial charge on any atom is -0.317 e. The van der Waals surface area contributed by atoms with Crippen LogP contribution >= 0.6 is 0 Å². The summed E-state index contributed by atoms with van der Waals surface area (Å²) in [6.07, 6.45) is 8.03. The first-order chi connectivity index (χ1) is 13.9. The summed E-state index contributed by atoms with van der Waals surface area (Å²) in [5, 5.41) is 1.33. The average Bonchev–Trinajstić information content (AvgIpc) is 3.08. The first-order valence-corrected chi connectivity index (χ1v) is 10.4. The molecule has 151 valence electrons. The van der Waals surface area contributed by atoms with E-state index in [0.29, 0.717) is 5.92 Å². The fourth-order valence-corrected chi connectivity index (χ4v) is 4.29. The van der Waals surface area contributed by atoms with Gasteiger partial charge in [-0.25, -0.2) is 5.57 Å². The van der Waals surface area contributed by atoms with Crippen LogP contribution in [-0.4, -0.2) is 4.57 Å². The molecule has 1 aliphatic heterocycles. The minimum atomic E-state index is 0. The molecular formula is C27H29N2Y-. The first-order valence-electron chi connectivity index (χ1n) is 10.4. The van der Waals surface area contributed by atoms with Crippen molar-refractivity contribution in [3.8, 4) is 0 Å². The van der Waals surface area contributed by atoms with Gasteiger partial charge in [0.05, 0.1) is 7.05 Å². The Morgan fingerprint density at radius 1 is 1.10 bits per heavy atom. The van der Waals surface area contributed by atoms with Gasteiger partial charge in [0.1, 0.15) is 5.52 Å². The van der Waals surface area contributed by atoms with Crippen LogP contribution in [0.4, 0.5) is 5.69 Å². The van der Waals surface area contributed by atoms with Crippen LogP contribution in [0.1, 0.15) is 44.4 Å². The number of hydrogen-bond acceptors (Lipinski definition) is 0. The fraction of sp³-hybridized carbons (Fsp3) is 0.296. The van der Waals surface area contributed by atoms with Crippen molar-refractivity contribution in [3.05, 3.63) is 88.6 Å². The molecule has 0 aliphatic carbocycles. The van der Waals surface area contributed by atoms with Crippen LogP contribution in [0.15, 0.2) is 54.1 Å². The maximum atomic E-state index is 3.65. The van der Waals surface area contributed by atoms with Crippen molar-refractivity contribution in [1.82, 2.24) is 9.14 Å². The molecule has 3 heteroatoms. The summed E-state index contributed by atoms with van der Waals surface area (Å²) in [7, 11) is 2.16. The van der Waals surface area contributed by atoms with Crippen LogP contribution in [0.3, 0.4) is 0 Å². The van der Waals surface area contributed by atoms with Gasteiger partial charge < -0.3 is 10.7 Å². The average molecular weight is 470 g/mol. The van der Waals surface area contributed by atoms with Crippen molar-refractivity contribution in [2.45, 2.75) is 41.0 Å². The molecule has 0 bridgehead atoms. The number of para-hydroxylation sites is 1. The fourth-order valence-electron chi connectivity index (χ4n) is 4.29. The van der Waals surface area contributed by atoms with Crippen LogP contribution in [0.2, 0.25) is 0 Å². The van der Waals surface area contributed by atoms with Crippen molar-refractivity contribution in [1.29, 1.82) is 0 Å². The second-order valence-corrected chi connectivity index (χ2v) is 8.37. The Balaban J connectivity index is 0.00000256. The van der Waals surface area contributed by atoms with Gasteiger partial charge in [0.2, 0.25) is 5.49 Å². The maximum Gasteiger partial charge on any atom is 0.221 e. The largest absolute Gasteiger partial charge is 0.317 e. The monoisotopic (exact) mass is 470 g/mol. The number of aromatic nitrogens is 1. The predicted octanol–water partition coefficient (Wildman–Crippen LogP) is 5.71. The standard InChI is InChI=1S/C27H29N2.Y/c1-7-19(4)24-17-29(27-20(5)10-8-12-23(24)27)26-15-14-22-21(16-18(2)3)11-9-13-25(22)28(26)6;/h8-15,18H,16H2,1-6H3;/q-1;. The molecule has 0 saturated heterocycles. The molecule has 0 unspecified atom stereocenters. The van der Waals surface area contributed by atoms with Gasteiger partial charge in [-0.15, -0.1) is 25.5 Å². The molecule has 0 atom stereocenters. The molecular weight excluding hydrogens is 441 g/mol. The summed E-state index contributed by atoms with van der Waals surface area (Å²) in [5.74, 6) is 0.637. The molecule has 1 aromatic heterocycles. The number of nitrogens with zero attached hydrogens (tertiary/aromatic N) is 2. The molecule has 2 heterocycles. The molecule has 0 N–H and O–H groups in total. The molecule has 2 nitrogen and oxygen atoms in total. The molecule has 1 radical (unpaired) electrons. The van der Waals surface area contributed by atoms with Gasteiger partial charge in [0, 0.05) is 43.8 Å². The quantitative estimate of drug-likeness (QED) is 0.342. The van der Waals surface area contributed by atoms with E-state index in [1.165, 1.54) is 33.3 Å². The van der Waals surface area contributed by atoms with E-state index in [-0.39, 0.29) is 32.7 Å². The SMILES string of the molecule is C[C-]=C(C)C1=[C-][N+](=c2ccc3c(CC(C)C)cccc3n2C)c2c(C)cccc21.[Y]. The van der Waals surface area contributed by atoms with E-state index in [1.54, 1.807) is 0 Å². The van der Waals surface area contributed by atoms with Crippen molar-refractivity contribution < 1.29 is 32.7 Å². The van der Waals surface area contributed by atoms with Gasteiger partial charge in [-0.3, -0.25) is 10.1 Å². The summed E-state index contributed by atoms with van der Waals surface area (Å²) in [6, 6.07) is 17.6. The molecule has 4 rings (SSSR count). The number of benzene rings is 2. The molecule has 0 spiro atoms. The Hall–Kier alpha value is -1.77. The zero-order valence-electron chi connectivity index (χ0n) is 18.9. The number of rotatable bonds is 3. The van der Waals surface area contributed by atoms with Crippen LogP contribution in [0.25, 0.3) is 16.5 Å². The van der Waals surface area contributed by atoms with Crippen molar-refractivity contribution in [2.75, 3.05) is 0 Å². The third kappa shape index (κ3) is 3.93. The minimum absolute atomic E-state index is 0. The summed E-state index contributed by atoms with van der Waals surface area (Å²) in [6.45, 7) is 10.8. The molecule has 1 aliphatic rings. The van der Waals surface area contributed by atoms with Crippen molar-refractivity contribution in [3.63, 3.8) is 0 Å². The van der Waals surface area contributed by atoms with Gasteiger partial charge in [0.25, 0.3) is 0 Å². The number of fused-ring (bicyclic) bond motifs is 2. The van der Waals surface area contributed by atoms with E-state index in [1.807, 2.05) is 6.92 Å². The van der Waals surface area contributed by atoms with E-state index in [4.69, 9.17) is 0 Å². The van der Waals surface area contributed by atoms with E-state index in [0.717, 1.165) is 23.1 Å². The molecule has 30 heavy (non-hydrogen) atoms. The topological polar surface area (TPSA) is 7.94 Å².